The van der Waals surface area contributed by atoms with E-state index < -0.39 is 8.07 Å². The van der Waals surface area contributed by atoms with Crippen LogP contribution in [0.15, 0.2) is 11.3 Å². The maximum Gasteiger partial charge on any atom is 0.151 e. The van der Waals surface area contributed by atoms with Crippen molar-refractivity contribution in [3.8, 4) is 0 Å². The first-order chi connectivity index (χ1) is 5.89. The minimum Gasteiger partial charge on any atom is -0.295 e. The second-order valence-electron chi connectivity index (χ2n) is 4.57. The van der Waals surface area contributed by atoms with Crippen LogP contribution in [0.3, 0.4) is 0 Å². The summed E-state index contributed by atoms with van der Waals surface area (Å²) in [6.45, 7) is 10.6. The molecule has 0 radical (unpaired) electrons. The topological polar surface area (TPSA) is 17.1 Å². The smallest absolute Gasteiger partial charge is 0.151 e. The summed E-state index contributed by atoms with van der Waals surface area (Å²) < 4.78 is 0. The van der Waals surface area contributed by atoms with Gasteiger partial charge in [0, 0.05) is 0 Å². The normalized spacial score (nSPS) is 13.2. The largest absolute Gasteiger partial charge is 0.295 e. The Hall–Kier alpha value is -0.373. The van der Waals surface area contributed by atoms with Gasteiger partial charge in [-0.25, -0.2) is 0 Å². The Morgan fingerprint density at radius 1 is 1.31 bits per heavy atom. The Kier molecular flexibility index (Phi) is 5.22. The number of hydrogen-bond donors (Lipinski definition) is 0. The van der Waals surface area contributed by atoms with Crippen molar-refractivity contribution in [1.29, 1.82) is 0 Å². The van der Waals surface area contributed by atoms with E-state index in [9.17, 15) is 4.79 Å². The molecule has 0 saturated carbocycles. The van der Waals surface area contributed by atoms with Gasteiger partial charge in [0.1, 0.15) is 0 Å². The summed E-state index contributed by atoms with van der Waals surface area (Å²) in [7, 11) is -1.39. The highest BCUT2D eigenvalue weighted by Gasteiger charge is 2.22. The number of rotatable bonds is 5. The molecule has 0 spiro atoms. The predicted molar refractivity (Wildman–Crippen MR) is 61.6 cm³/mol. The third kappa shape index (κ3) is 5.04. The molecule has 0 fully saturated rings. The molecule has 0 rings (SSSR count). The molecule has 0 heterocycles. The van der Waals surface area contributed by atoms with E-state index >= 15 is 0 Å². The van der Waals surface area contributed by atoms with Gasteiger partial charge in [-0.1, -0.05) is 45.5 Å². The summed E-state index contributed by atoms with van der Waals surface area (Å²) in [6, 6.07) is 0. The number of carbonyl (C=O) groups is 1. The van der Waals surface area contributed by atoms with Crippen molar-refractivity contribution in [2.45, 2.75) is 52.8 Å². The molecule has 76 valence electrons. The van der Waals surface area contributed by atoms with Gasteiger partial charge < -0.3 is 0 Å². The zero-order chi connectivity index (χ0) is 10.5. The van der Waals surface area contributed by atoms with Crippen LogP contribution in [0.5, 0.6) is 0 Å². The molecule has 0 aromatic carbocycles. The highest BCUT2D eigenvalue weighted by Crippen LogP contribution is 2.16. The molecule has 1 nitrogen and oxygen atoms in total. The van der Waals surface area contributed by atoms with Crippen molar-refractivity contribution in [3.05, 3.63) is 11.3 Å². The number of unbranched alkanes of at least 4 members (excludes halogenated alkanes) is 2. The first-order valence-electron chi connectivity index (χ1n) is 5.11. The number of Topliss-reactive ketones (excluding diaryl/α,β-unsaturated/α-hetero) is 1. The van der Waals surface area contributed by atoms with Crippen molar-refractivity contribution in [2.75, 3.05) is 0 Å². The lowest BCUT2D eigenvalue weighted by Gasteiger charge is -2.18. The molecular weight excluding hydrogens is 176 g/mol. The monoisotopic (exact) mass is 198 g/mol. The van der Waals surface area contributed by atoms with Crippen molar-refractivity contribution < 1.29 is 4.79 Å². The third-order valence-electron chi connectivity index (χ3n) is 2.09. The maximum absolute atomic E-state index is 11.4. The fourth-order valence-corrected chi connectivity index (χ4v) is 3.24. The van der Waals surface area contributed by atoms with Crippen LogP contribution in [0.4, 0.5) is 0 Å². The Balaban J connectivity index is 4.43. The van der Waals surface area contributed by atoms with Crippen LogP contribution in [0.25, 0.3) is 0 Å². The molecule has 0 aliphatic carbocycles. The molecule has 0 saturated heterocycles. The van der Waals surface area contributed by atoms with Gasteiger partial charge in [0.2, 0.25) is 0 Å². The average molecular weight is 198 g/mol. The first-order valence-corrected chi connectivity index (χ1v) is 8.61. The van der Waals surface area contributed by atoms with E-state index in [0.717, 1.165) is 11.6 Å². The molecule has 0 aliphatic rings. The Morgan fingerprint density at radius 2 is 1.85 bits per heavy atom. The van der Waals surface area contributed by atoms with Crippen molar-refractivity contribution in [2.24, 2.45) is 0 Å². The van der Waals surface area contributed by atoms with Gasteiger partial charge in [0.15, 0.2) is 5.78 Å². The van der Waals surface area contributed by atoms with Gasteiger partial charge in [-0.05, 0) is 18.5 Å². The van der Waals surface area contributed by atoms with Crippen LogP contribution >= 0.6 is 0 Å². The molecule has 0 amide bonds. The first kappa shape index (κ1) is 12.6. The highest BCUT2D eigenvalue weighted by atomic mass is 28.3. The third-order valence-corrected chi connectivity index (χ3v) is 4.27. The minimum absolute atomic E-state index is 0.273. The summed E-state index contributed by atoms with van der Waals surface area (Å²) in [4.78, 5) is 11.4. The lowest BCUT2D eigenvalue weighted by Crippen LogP contribution is -2.28. The molecule has 0 unspecified atom stereocenters. The quantitative estimate of drug-likeness (QED) is 0.375. The molecule has 0 aromatic heterocycles. The van der Waals surface area contributed by atoms with Crippen LogP contribution in [-0.2, 0) is 4.79 Å². The Labute approximate surface area is 83.2 Å². The predicted octanol–water partition coefficient (Wildman–Crippen LogP) is 3.57. The summed E-state index contributed by atoms with van der Waals surface area (Å²) in [5.41, 5.74) is 0. The summed E-state index contributed by atoms with van der Waals surface area (Å²) in [6.07, 6.45) is 5.63. The van der Waals surface area contributed by atoms with Crippen molar-refractivity contribution >= 4 is 13.9 Å². The van der Waals surface area contributed by atoms with Crippen LogP contribution in [0.2, 0.25) is 19.6 Å². The molecule has 0 N–H and O–H groups in total. The minimum atomic E-state index is -1.39. The van der Waals surface area contributed by atoms with Gasteiger partial charge >= 0.3 is 0 Å². The standard InChI is InChI=1S/C11H22OSi/c1-6-7-8-9-11(10(2)12)13(3,4)5/h9H,6-8H2,1-5H3/b11-9+. The van der Waals surface area contributed by atoms with Crippen LogP contribution in [0.1, 0.15) is 33.1 Å². The van der Waals surface area contributed by atoms with Gasteiger partial charge in [-0.15, -0.1) is 0 Å². The molecule has 2 heteroatoms. The second kappa shape index (κ2) is 5.38. The maximum atomic E-state index is 11.4. The van der Waals surface area contributed by atoms with Crippen LogP contribution in [-0.4, -0.2) is 13.9 Å². The number of hydrogen-bond acceptors (Lipinski definition) is 1. The van der Waals surface area contributed by atoms with E-state index in [4.69, 9.17) is 0 Å². The SMILES string of the molecule is CCCC/C=C(\C(C)=O)[Si](C)(C)C. The number of allylic oxidation sites excluding steroid dienone is 2. The van der Waals surface area contributed by atoms with E-state index in [-0.39, 0.29) is 5.78 Å². The average Bonchev–Trinajstić information content (AvgIpc) is 1.94. The molecular formula is C11H22OSi. The van der Waals surface area contributed by atoms with E-state index in [1.807, 2.05) is 0 Å². The van der Waals surface area contributed by atoms with E-state index in [0.29, 0.717) is 0 Å². The van der Waals surface area contributed by atoms with E-state index in [1.165, 1.54) is 12.8 Å². The van der Waals surface area contributed by atoms with Gasteiger partial charge in [-0.2, -0.15) is 0 Å². The van der Waals surface area contributed by atoms with Gasteiger partial charge in [0.05, 0.1) is 8.07 Å². The number of ketones is 1. The molecule has 13 heavy (non-hydrogen) atoms. The number of carbonyl (C=O) groups excluding carboxylic acids is 1. The van der Waals surface area contributed by atoms with E-state index in [1.54, 1.807) is 6.92 Å². The molecule has 0 aliphatic heterocycles. The van der Waals surface area contributed by atoms with Crippen LogP contribution < -0.4 is 0 Å². The summed E-state index contributed by atoms with van der Waals surface area (Å²) in [5.74, 6) is 0.273. The van der Waals surface area contributed by atoms with Gasteiger partial charge in [-0.3, -0.25) is 4.79 Å². The molecule has 0 atom stereocenters. The van der Waals surface area contributed by atoms with Crippen LogP contribution in [0, 0.1) is 0 Å². The van der Waals surface area contributed by atoms with E-state index in [2.05, 4.69) is 32.6 Å². The summed E-state index contributed by atoms with van der Waals surface area (Å²) in [5, 5.41) is 1.11. The van der Waals surface area contributed by atoms with Crippen molar-refractivity contribution in [3.63, 3.8) is 0 Å². The fraction of sp³-hybridized carbons (Fsp3) is 0.727. The zero-order valence-corrected chi connectivity index (χ0v) is 10.6. The zero-order valence-electron chi connectivity index (χ0n) is 9.61. The fourth-order valence-electron chi connectivity index (χ4n) is 1.43. The second-order valence-corrected chi connectivity index (χ2v) is 9.60. The molecule has 0 aromatic rings. The molecule has 0 bridgehead atoms. The Bertz CT molecular complexity index is 199. The summed E-state index contributed by atoms with van der Waals surface area (Å²) >= 11 is 0. The Morgan fingerprint density at radius 3 is 2.15 bits per heavy atom. The lowest BCUT2D eigenvalue weighted by atomic mass is 10.2. The highest BCUT2D eigenvalue weighted by molar-refractivity contribution is 6.87. The lowest BCUT2D eigenvalue weighted by molar-refractivity contribution is -0.113. The van der Waals surface area contributed by atoms with Gasteiger partial charge in [0.25, 0.3) is 0 Å². The van der Waals surface area contributed by atoms with Crippen molar-refractivity contribution in [1.82, 2.24) is 0 Å².